The van der Waals surface area contributed by atoms with Gasteiger partial charge in [0.2, 0.25) is 0 Å². The first-order valence-electron chi connectivity index (χ1n) is 9.70. The number of aromatic amines is 1. The number of hydrogen-bond acceptors (Lipinski definition) is 5. The van der Waals surface area contributed by atoms with Crippen LogP contribution < -0.4 is 5.73 Å². The lowest BCUT2D eigenvalue weighted by Gasteiger charge is -2.37. The fourth-order valence-electron chi connectivity index (χ4n) is 3.52. The number of nitrogens with one attached hydrogen (secondary N) is 1. The molecular weight excluding hydrogens is 324 g/mol. The van der Waals surface area contributed by atoms with E-state index in [1.807, 2.05) is 26.1 Å². The van der Waals surface area contributed by atoms with Crippen LogP contribution in [0, 0.1) is 5.92 Å². The number of piperazine rings is 1. The minimum absolute atomic E-state index is 0.521. The summed E-state index contributed by atoms with van der Waals surface area (Å²) in [6.07, 6.45) is 9.88. The Labute approximate surface area is 156 Å². The van der Waals surface area contributed by atoms with E-state index in [1.54, 1.807) is 0 Å². The van der Waals surface area contributed by atoms with Crippen molar-refractivity contribution in [1.82, 2.24) is 24.8 Å². The summed E-state index contributed by atoms with van der Waals surface area (Å²) in [5.41, 5.74) is 8.82. The maximum absolute atomic E-state index is 5.80. The van der Waals surface area contributed by atoms with Crippen molar-refractivity contribution in [3.8, 4) is 0 Å². The molecule has 1 saturated carbocycles. The largest absolute Gasteiger partial charge is 0.383 e. The van der Waals surface area contributed by atoms with Crippen LogP contribution in [-0.4, -0.2) is 64.5 Å². The Hall–Kier alpha value is -1.92. The minimum atomic E-state index is 0.521. The van der Waals surface area contributed by atoms with Gasteiger partial charge < -0.3 is 20.5 Å². The van der Waals surface area contributed by atoms with Crippen LogP contribution in [0.4, 0.5) is 5.82 Å². The first-order chi connectivity index (χ1) is 12.6. The van der Waals surface area contributed by atoms with Gasteiger partial charge in [0.1, 0.15) is 17.8 Å². The van der Waals surface area contributed by atoms with E-state index in [1.165, 1.54) is 58.3 Å². The summed E-state index contributed by atoms with van der Waals surface area (Å²) in [7, 11) is 2.22. The topological polar surface area (TPSA) is 74.1 Å². The molecule has 4 rings (SSSR count). The third kappa shape index (κ3) is 4.43. The molecule has 6 heteroatoms. The van der Waals surface area contributed by atoms with Crippen LogP contribution >= 0.6 is 0 Å². The van der Waals surface area contributed by atoms with Gasteiger partial charge in [-0.2, -0.15) is 0 Å². The van der Waals surface area contributed by atoms with Crippen molar-refractivity contribution in [2.24, 2.45) is 5.92 Å². The van der Waals surface area contributed by atoms with Crippen LogP contribution in [0.5, 0.6) is 0 Å². The Morgan fingerprint density at radius 3 is 2.62 bits per heavy atom. The van der Waals surface area contributed by atoms with E-state index in [4.69, 9.17) is 5.73 Å². The predicted octanol–water partition coefficient (Wildman–Crippen LogP) is 3.00. The number of nitrogens with zero attached hydrogens (tertiary/aromatic N) is 4. The Morgan fingerprint density at radius 2 is 2.00 bits per heavy atom. The van der Waals surface area contributed by atoms with E-state index >= 15 is 0 Å². The van der Waals surface area contributed by atoms with Gasteiger partial charge in [0, 0.05) is 44.5 Å². The molecule has 1 aliphatic heterocycles. The number of nitrogen functional groups attached to an aromatic ring is 1. The molecule has 2 fully saturated rings. The number of likely N-dealkylation sites (N-methyl/N-ethyl adjacent to an activating group) is 1. The average Bonchev–Trinajstić information content (AvgIpc) is 3.05. The fourth-order valence-corrected chi connectivity index (χ4v) is 3.52. The van der Waals surface area contributed by atoms with Gasteiger partial charge in [0.05, 0.1) is 5.39 Å². The third-order valence-electron chi connectivity index (χ3n) is 5.69. The number of nitrogens with two attached hydrogens (primary N) is 1. The molecule has 1 aliphatic carbocycles. The zero-order valence-electron chi connectivity index (χ0n) is 16.3. The Balaban J connectivity index is 0.000000152. The quantitative estimate of drug-likeness (QED) is 0.884. The van der Waals surface area contributed by atoms with Crippen molar-refractivity contribution in [2.75, 3.05) is 45.5 Å². The van der Waals surface area contributed by atoms with Crippen LogP contribution in [0.25, 0.3) is 16.6 Å². The zero-order valence-corrected chi connectivity index (χ0v) is 16.3. The van der Waals surface area contributed by atoms with E-state index in [2.05, 4.69) is 31.8 Å². The number of allylic oxidation sites excluding steroid dienone is 2. The second-order valence-electron chi connectivity index (χ2n) is 7.56. The Morgan fingerprint density at radius 1 is 1.27 bits per heavy atom. The molecule has 0 unspecified atom stereocenters. The number of anilines is 1. The second-order valence-corrected chi connectivity index (χ2v) is 7.56. The van der Waals surface area contributed by atoms with Crippen LogP contribution in [0.2, 0.25) is 0 Å². The molecule has 0 radical (unpaired) electrons. The summed E-state index contributed by atoms with van der Waals surface area (Å²) in [5.74, 6) is 1.57. The first kappa shape index (κ1) is 18.9. The number of aromatic nitrogens is 3. The van der Waals surface area contributed by atoms with Gasteiger partial charge in [-0.25, -0.2) is 9.97 Å². The van der Waals surface area contributed by atoms with Crippen molar-refractivity contribution < 1.29 is 0 Å². The smallest absolute Gasteiger partial charge is 0.143 e. The minimum Gasteiger partial charge on any atom is -0.383 e. The van der Waals surface area contributed by atoms with Crippen LogP contribution in [0.1, 0.15) is 38.7 Å². The Kier molecular flexibility index (Phi) is 6.27. The molecule has 0 aromatic carbocycles. The molecule has 2 aromatic rings. The maximum Gasteiger partial charge on any atom is 0.143 e. The van der Waals surface area contributed by atoms with Crippen molar-refractivity contribution in [3.63, 3.8) is 0 Å². The summed E-state index contributed by atoms with van der Waals surface area (Å²) in [6.45, 7) is 10.6. The van der Waals surface area contributed by atoms with Crippen LogP contribution in [0.15, 0.2) is 18.6 Å². The molecule has 142 valence electrons. The summed E-state index contributed by atoms with van der Waals surface area (Å²) in [5, 5.41) is 0.906. The van der Waals surface area contributed by atoms with Crippen molar-refractivity contribution in [1.29, 1.82) is 0 Å². The summed E-state index contributed by atoms with van der Waals surface area (Å²) >= 11 is 0. The number of rotatable bonds is 3. The van der Waals surface area contributed by atoms with E-state index in [0.717, 1.165) is 28.1 Å². The lowest BCUT2D eigenvalue weighted by molar-refractivity contribution is 0.114. The highest BCUT2D eigenvalue weighted by atomic mass is 15.2. The van der Waals surface area contributed by atoms with E-state index in [0.29, 0.717) is 5.82 Å². The first-order valence-corrected chi connectivity index (χ1v) is 9.70. The molecule has 2 aromatic heterocycles. The van der Waals surface area contributed by atoms with Crippen molar-refractivity contribution >= 4 is 22.4 Å². The lowest BCUT2D eigenvalue weighted by Crippen LogP contribution is -2.46. The van der Waals surface area contributed by atoms with Crippen LogP contribution in [0.3, 0.4) is 0 Å². The van der Waals surface area contributed by atoms with Gasteiger partial charge >= 0.3 is 0 Å². The van der Waals surface area contributed by atoms with Gasteiger partial charge in [-0.15, -0.1) is 0 Å². The SMILES string of the molecule is C/C=C(\C)c1c[nH]c2ncnc(N)c12.CN1CCN(CC2CCC2)CC1. The number of hydrogen-bond donors (Lipinski definition) is 2. The summed E-state index contributed by atoms with van der Waals surface area (Å²) in [4.78, 5) is 16.2. The molecule has 6 nitrogen and oxygen atoms in total. The molecule has 0 amide bonds. The normalized spacial score (nSPS) is 19.9. The molecule has 0 spiro atoms. The van der Waals surface area contributed by atoms with Gasteiger partial charge in [-0.3, -0.25) is 0 Å². The predicted molar refractivity (Wildman–Crippen MR) is 109 cm³/mol. The zero-order chi connectivity index (χ0) is 18.5. The highest BCUT2D eigenvalue weighted by molar-refractivity contribution is 5.96. The van der Waals surface area contributed by atoms with Crippen LogP contribution in [-0.2, 0) is 0 Å². The number of fused-ring (bicyclic) bond motifs is 1. The molecular formula is C20H32N6. The summed E-state index contributed by atoms with van der Waals surface area (Å²) < 4.78 is 0. The highest BCUT2D eigenvalue weighted by Crippen LogP contribution is 2.27. The second kappa shape index (κ2) is 8.64. The Bertz CT molecular complexity index is 738. The van der Waals surface area contributed by atoms with Crippen molar-refractivity contribution in [3.05, 3.63) is 24.2 Å². The third-order valence-corrected chi connectivity index (χ3v) is 5.69. The highest BCUT2D eigenvalue weighted by Gasteiger charge is 2.22. The molecule has 1 saturated heterocycles. The van der Waals surface area contributed by atoms with Crippen molar-refractivity contribution in [2.45, 2.75) is 33.1 Å². The molecule has 0 bridgehead atoms. The van der Waals surface area contributed by atoms with E-state index < -0.39 is 0 Å². The fraction of sp³-hybridized carbons (Fsp3) is 0.600. The molecule has 2 aliphatic rings. The van der Waals surface area contributed by atoms with E-state index in [9.17, 15) is 0 Å². The van der Waals surface area contributed by atoms with Gasteiger partial charge in [0.15, 0.2) is 0 Å². The van der Waals surface area contributed by atoms with Gasteiger partial charge in [-0.05, 0) is 45.2 Å². The number of H-pyrrole nitrogens is 1. The average molecular weight is 357 g/mol. The monoisotopic (exact) mass is 356 g/mol. The molecule has 3 heterocycles. The summed E-state index contributed by atoms with van der Waals surface area (Å²) in [6, 6.07) is 0. The lowest BCUT2D eigenvalue weighted by atomic mass is 9.85. The molecule has 0 atom stereocenters. The standard InChI is InChI=1S/C10H12N4.C10H20N2/c1-3-6(2)7-4-12-10-8(7)9(11)13-5-14-10;1-11-5-7-12(8-6-11)9-10-3-2-4-10/h3-5H,1-2H3,(H3,11,12,13,14);10H,2-9H2,1H3/b6-3+;. The van der Waals surface area contributed by atoms with Gasteiger partial charge in [-0.1, -0.05) is 12.5 Å². The maximum atomic E-state index is 5.80. The van der Waals surface area contributed by atoms with Gasteiger partial charge in [0.25, 0.3) is 0 Å². The molecule has 3 N–H and O–H groups in total. The molecule has 26 heavy (non-hydrogen) atoms. The van der Waals surface area contributed by atoms with E-state index in [-0.39, 0.29) is 0 Å².